The first-order valence-electron chi connectivity index (χ1n) is 9.09. The minimum Gasteiger partial charge on any atom is -0.496 e. The van der Waals surface area contributed by atoms with Gasteiger partial charge in [-0.3, -0.25) is 9.69 Å². The lowest BCUT2D eigenvalue weighted by molar-refractivity contribution is -0.138. The van der Waals surface area contributed by atoms with Gasteiger partial charge in [0.15, 0.2) is 0 Å². The molecule has 8 heteroatoms. The second-order valence-electron chi connectivity index (χ2n) is 6.89. The first kappa shape index (κ1) is 19.1. The molecular formula is C21H20FN3O4. The van der Waals surface area contributed by atoms with Gasteiger partial charge in [-0.1, -0.05) is 6.08 Å². The molecule has 0 unspecified atom stereocenters. The fourth-order valence-corrected chi connectivity index (χ4v) is 3.74. The second kappa shape index (κ2) is 7.65. The number of hydrogen-bond acceptors (Lipinski definition) is 5. The molecule has 4 rings (SSSR count). The molecule has 1 aliphatic heterocycles. The van der Waals surface area contributed by atoms with E-state index in [-0.39, 0.29) is 25.0 Å². The number of fused-ring (bicyclic) bond motifs is 1. The van der Waals surface area contributed by atoms with E-state index in [1.54, 1.807) is 23.2 Å². The Bertz CT molecular complexity index is 1110. The van der Waals surface area contributed by atoms with E-state index in [2.05, 4.69) is 9.97 Å². The maximum atomic E-state index is 13.9. The number of benzene rings is 1. The zero-order valence-corrected chi connectivity index (χ0v) is 15.7. The molecule has 150 valence electrons. The molecule has 1 aromatic carbocycles. The minimum atomic E-state index is -0.947. The van der Waals surface area contributed by atoms with Crippen molar-refractivity contribution in [3.63, 3.8) is 0 Å². The molecular weight excluding hydrogens is 377 g/mol. The molecule has 0 bridgehead atoms. The van der Waals surface area contributed by atoms with Gasteiger partial charge >= 0.3 is 5.97 Å². The van der Waals surface area contributed by atoms with Crippen LogP contribution in [0.4, 0.5) is 4.39 Å². The van der Waals surface area contributed by atoms with E-state index in [0.29, 0.717) is 23.5 Å². The number of pyridine rings is 1. The minimum absolute atomic E-state index is 0.157. The normalized spacial score (nSPS) is 16.9. The predicted octanol–water partition coefficient (Wildman–Crippen LogP) is 2.52. The number of nitrogens with one attached hydrogen (secondary N) is 1. The molecule has 0 radical (unpaired) electrons. The number of halogens is 1. The highest BCUT2D eigenvalue weighted by Gasteiger charge is 2.27. The highest BCUT2D eigenvalue weighted by atomic mass is 19.1. The summed E-state index contributed by atoms with van der Waals surface area (Å²) in [5.41, 5.74) is 3.67. The Morgan fingerprint density at radius 1 is 1.34 bits per heavy atom. The average molecular weight is 397 g/mol. The van der Waals surface area contributed by atoms with Crippen LogP contribution in [0.15, 0.2) is 42.6 Å². The lowest BCUT2D eigenvalue weighted by Gasteiger charge is -2.20. The lowest BCUT2D eigenvalue weighted by atomic mass is 10.0. The van der Waals surface area contributed by atoms with Crippen LogP contribution in [-0.2, 0) is 4.79 Å². The molecule has 3 N–H and O–H groups in total. The smallest absolute Gasteiger partial charge is 0.317 e. The van der Waals surface area contributed by atoms with Crippen LogP contribution in [-0.4, -0.2) is 63.9 Å². The Balaban J connectivity index is 1.76. The number of H-pyrrole nitrogens is 1. The Morgan fingerprint density at radius 3 is 2.90 bits per heavy atom. The van der Waals surface area contributed by atoms with Crippen LogP contribution < -0.4 is 4.74 Å². The van der Waals surface area contributed by atoms with Crippen LogP contribution in [0.25, 0.3) is 27.7 Å². The first-order chi connectivity index (χ1) is 14.0. The van der Waals surface area contributed by atoms with E-state index in [9.17, 15) is 14.3 Å². The number of aromatic nitrogens is 2. The van der Waals surface area contributed by atoms with Crippen LogP contribution in [0.3, 0.4) is 0 Å². The number of aliphatic hydroxyl groups is 1. The van der Waals surface area contributed by atoms with Crippen LogP contribution in [0, 0.1) is 5.82 Å². The molecule has 0 saturated heterocycles. The molecule has 29 heavy (non-hydrogen) atoms. The fourth-order valence-electron chi connectivity index (χ4n) is 3.74. The number of ether oxygens (including phenoxy) is 1. The van der Waals surface area contributed by atoms with Crippen molar-refractivity contribution >= 4 is 22.6 Å². The predicted molar refractivity (Wildman–Crippen MR) is 106 cm³/mol. The third-order valence-corrected chi connectivity index (χ3v) is 5.09. The monoisotopic (exact) mass is 397 g/mol. The standard InChI is InChI=1S/C21H20FN3O4/c1-29-19-3-2-13(22)7-16(19)15-4-5-23-21-17(15)8-18(24-21)12-6-14(11-26)25(9-12)10-20(27)28/h2-8,14,26H,9-11H2,1H3,(H,23,24)(H,27,28)/t14-/m0/s1. The number of carbonyl (C=O) groups is 1. The van der Waals surface area contributed by atoms with Crippen molar-refractivity contribution in [3.05, 3.63) is 54.1 Å². The number of carboxylic acids is 1. The Morgan fingerprint density at radius 2 is 2.17 bits per heavy atom. The molecule has 3 heterocycles. The molecule has 0 amide bonds. The summed E-state index contributed by atoms with van der Waals surface area (Å²) >= 11 is 0. The van der Waals surface area contributed by atoms with Crippen molar-refractivity contribution in [3.8, 4) is 16.9 Å². The van der Waals surface area contributed by atoms with Crippen molar-refractivity contribution in [1.29, 1.82) is 0 Å². The third-order valence-electron chi connectivity index (χ3n) is 5.09. The van der Waals surface area contributed by atoms with Gasteiger partial charge in [0.1, 0.15) is 17.2 Å². The summed E-state index contributed by atoms with van der Waals surface area (Å²) in [6, 6.07) is 7.70. The summed E-state index contributed by atoms with van der Waals surface area (Å²) in [5.74, 6) is -0.762. The average Bonchev–Trinajstić information content (AvgIpc) is 3.31. The number of carboxylic acid groups (broad SMARTS) is 1. The van der Waals surface area contributed by atoms with E-state index < -0.39 is 5.97 Å². The van der Waals surface area contributed by atoms with Gasteiger partial charge in [-0.2, -0.15) is 0 Å². The topological polar surface area (TPSA) is 98.7 Å². The van der Waals surface area contributed by atoms with Crippen molar-refractivity contribution in [2.24, 2.45) is 0 Å². The number of hydrogen-bond donors (Lipinski definition) is 3. The van der Waals surface area contributed by atoms with Gasteiger partial charge in [0, 0.05) is 29.4 Å². The van der Waals surface area contributed by atoms with E-state index in [0.717, 1.165) is 22.2 Å². The summed E-state index contributed by atoms with van der Waals surface area (Å²) in [5, 5.41) is 19.5. The van der Waals surface area contributed by atoms with E-state index in [4.69, 9.17) is 9.84 Å². The third kappa shape index (κ3) is 3.59. The van der Waals surface area contributed by atoms with Crippen LogP contribution >= 0.6 is 0 Å². The largest absolute Gasteiger partial charge is 0.496 e. The van der Waals surface area contributed by atoms with Gasteiger partial charge in [-0.25, -0.2) is 9.37 Å². The number of methoxy groups -OCH3 is 1. The zero-order valence-electron chi connectivity index (χ0n) is 15.7. The summed E-state index contributed by atoms with van der Waals surface area (Å²) in [7, 11) is 1.53. The zero-order chi connectivity index (χ0) is 20.5. The number of aliphatic carboxylic acids is 1. The van der Waals surface area contributed by atoms with Gasteiger partial charge in [0.2, 0.25) is 0 Å². The molecule has 0 saturated carbocycles. The van der Waals surface area contributed by atoms with Gasteiger partial charge in [0.25, 0.3) is 0 Å². The number of aliphatic hydroxyl groups excluding tert-OH is 1. The summed E-state index contributed by atoms with van der Waals surface area (Å²) < 4.78 is 19.3. The van der Waals surface area contributed by atoms with E-state index in [1.807, 2.05) is 12.1 Å². The highest BCUT2D eigenvalue weighted by Crippen LogP contribution is 2.36. The van der Waals surface area contributed by atoms with Crippen LogP contribution in [0.1, 0.15) is 5.69 Å². The molecule has 1 aliphatic rings. The van der Waals surface area contributed by atoms with Crippen molar-refractivity contribution in [2.75, 3.05) is 26.8 Å². The molecule has 0 spiro atoms. The van der Waals surface area contributed by atoms with Gasteiger partial charge in [-0.05, 0) is 41.5 Å². The Hall–Kier alpha value is -3.23. The first-order valence-corrected chi connectivity index (χ1v) is 9.09. The number of rotatable bonds is 6. The Kier molecular flexibility index (Phi) is 5.04. The summed E-state index contributed by atoms with van der Waals surface area (Å²) in [4.78, 5) is 20.4. The second-order valence-corrected chi connectivity index (χ2v) is 6.89. The fraction of sp³-hybridized carbons (Fsp3) is 0.238. The molecule has 0 aliphatic carbocycles. The summed E-state index contributed by atoms with van der Waals surface area (Å²) in [6.45, 7) is 0.0689. The number of nitrogens with zero attached hydrogens (tertiary/aromatic N) is 2. The SMILES string of the molecule is COc1ccc(F)cc1-c1ccnc2[nH]c(C3=C[C@@H](CO)N(CC(=O)O)C3)cc12. The molecule has 7 nitrogen and oxygen atoms in total. The molecule has 0 fully saturated rings. The highest BCUT2D eigenvalue weighted by molar-refractivity contribution is 5.97. The lowest BCUT2D eigenvalue weighted by Crippen LogP contribution is -2.37. The van der Waals surface area contributed by atoms with E-state index in [1.165, 1.54) is 19.2 Å². The van der Waals surface area contributed by atoms with Crippen molar-refractivity contribution in [1.82, 2.24) is 14.9 Å². The van der Waals surface area contributed by atoms with Gasteiger partial charge in [0.05, 0.1) is 26.3 Å². The molecule has 3 aromatic rings. The Labute approximate surface area is 166 Å². The van der Waals surface area contributed by atoms with Gasteiger partial charge in [-0.15, -0.1) is 0 Å². The van der Waals surface area contributed by atoms with Crippen LogP contribution in [0.5, 0.6) is 5.75 Å². The quantitative estimate of drug-likeness (QED) is 0.591. The molecule has 2 aromatic heterocycles. The molecule has 1 atom stereocenters. The maximum Gasteiger partial charge on any atom is 0.317 e. The van der Waals surface area contributed by atoms with Gasteiger partial charge < -0.3 is 19.9 Å². The van der Waals surface area contributed by atoms with Crippen molar-refractivity contribution in [2.45, 2.75) is 6.04 Å². The number of aromatic amines is 1. The van der Waals surface area contributed by atoms with Crippen LogP contribution in [0.2, 0.25) is 0 Å². The van der Waals surface area contributed by atoms with E-state index >= 15 is 0 Å². The summed E-state index contributed by atoms with van der Waals surface area (Å²) in [6.07, 6.45) is 3.49. The maximum absolute atomic E-state index is 13.9. The van der Waals surface area contributed by atoms with Crippen molar-refractivity contribution < 1.29 is 24.1 Å².